The first-order chi connectivity index (χ1) is 7.04. The van der Waals surface area contributed by atoms with Crippen LogP contribution in [-0.4, -0.2) is 46.8 Å². The van der Waals surface area contributed by atoms with E-state index >= 15 is 0 Å². The standard InChI is InChI=1S/C11H21NO3/c1-8-3-4-12(6-9(2)7-13)10(5-8)11(14)15/h8-10,13H,3-7H2,1-2H3,(H,14,15). The Balaban J connectivity index is 2.56. The van der Waals surface area contributed by atoms with Crippen molar-refractivity contribution in [3.8, 4) is 0 Å². The molecule has 0 amide bonds. The molecule has 4 heteroatoms. The first-order valence-electron chi connectivity index (χ1n) is 5.62. The highest BCUT2D eigenvalue weighted by atomic mass is 16.4. The van der Waals surface area contributed by atoms with Crippen molar-refractivity contribution in [3.63, 3.8) is 0 Å². The highest BCUT2D eigenvalue weighted by molar-refractivity contribution is 5.73. The Hall–Kier alpha value is -0.610. The minimum Gasteiger partial charge on any atom is -0.480 e. The maximum absolute atomic E-state index is 11.1. The van der Waals surface area contributed by atoms with Crippen molar-refractivity contribution in [2.75, 3.05) is 19.7 Å². The van der Waals surface area contributed by atoms with Gasteiger partial charge in [0, 0.05) is 13.2 Å². The van der Waals surface area contributed by atoms with Gasteiger partial charge >= 0.3 is 5.97 Å². The second-order valence-electron chi connectivity index (χ2n) is 4.77. The number of piperidine rings is 1. The maximum Gasteiger partial charge on any atom is 0.320 e. The highest BCUT2D eigenvalue weighted by Gasteiger charge is 2.31. The monoisotopic (exact) mass is 215 g/mol. The molecule has 3 atom stereocenters. The van der Waals surface area contributed by atoms with Gasteiger partial charge in [-0.2, -0.15) is 0 Å². The molecule has 0 aromatic carbocycles. The van der Waals surface area contributed by atoms with Crippen LogP contribution in [-0.2, 0) is 4.79 Å². The van der Waals surface area contributed by atoms with Gasteiger partial charge in [0.05, 0.1) is 0 Å². The summed E-state index contributed by atoms with van der Waals surface area (Å²) in [7, 11) is 0. The Labute approximate surface area is 90.9 Å². The molecule has 0 saturated carbocycles. The topological polar surface area (TPSA) is 60.8 Å². The second kappa shape index (κ2) is 5.47. The molecule has 1 aliphatic rings. The molecule has 88 valence electrons. The molecule has 0 aromatic rings. The summed E-state index contributed by atoms with van der Waals surface area (Å²) in [6.45, 7) is 5.68. The van der Waals surface area contributed by atoms with E-state index in [9.17, 15) is 4.79 Å². The molecule has 1 fully saturated rings. The molecule has 0 aliphatic carbocycles. The van der Waals surface area contributed by atoms with Gasteiger partial charge in [0.1, 0.15) is 6.04 Å². The van der Waals surface area contributed by atoms with E-state index in [0.29, 0.717) is 12.5 Å². The zero-order valence-electron chi connectivity index (χ0n) is 9.52. The van der Waals surface area contributed by atoms with Gasteiger partial charge in [-0.25, -0.2) is 0 Å². The molecular formula is C11H21NO3. The van der Waals surface area contributed by atoms with E-state index in [2.05, 4.69) is 6.92 Å². The van der Waals surface area contributed by atoms with Crippen LogP contribution in [0.5, 0.6) is 0 Å². The number of likely N-dealkylation sites (tertiary alicyclic amines) is 1. The summed E-state index contributed by atoms with van der Waals surface area (Å²) in [4.78, 5) is 13.1. The van der Waals surface area contributed by atoms with Gasteiger partial charge in [-0.1, -0.05) is 13.8 Å². The number of rotatable bonds is 4. The Morgan fingerprint density at radius 1 is 1.60 bits per heavy atom. The Morgan fingerprint density at radius 2 is 2.27 bits per heavy atom. The molecule has 15 heavy (non-hydrogen) atoms. The van der Waals surface area contributed by atoms with E-state index in [4.69, 9.17) is 10.2 Å². The largest absolute Gasteiger partial charge is 0.480 e. The van der Waals surface area contributed by atoms with Crippen LogP contribution in [0.1, 0.15) is 26.7 Å². The van der Waals surface area contributed by atoms with Crippen LogP contribution in [0.2, 0.25) is 0 Å². The number of hydrogen-bond acceptors (Lipinski definition) is 3. The van der Waals surface area contributed by atoms with Crippen molar-refractivity contribution in [2.24, 2.45) is 11.8 Å². The zero-order chi connectivity index (χ0) is 11.4. The Kier molecular flexibility index (Phi) is 4.54. The van der Waals surface area contributed by atoms with Crippen molar-refractivity contribution in [1.82, 2.24) is 4.90 Å². The van der Waals surface area contributed by atoms with E-state index in [0.717, 1.165) is 19.4 Å². The Bertz CT molecular complexity index is 220. The number of aliphatic hydroxyl groups excluding tert-OH is 1. The number of hydrogen-bond donors (Lipinski definition) is 2. The number of aliphatic carboxylic acids is 1. The minimum atomic E-state index is -0.730. The van der Waals surface area contributed by atoms with Gasteiger partial charge in [-0.05, 0) is 31.2 Å². The summed E-state index contributed by atoms with van der Waals surface area (Å²) in [5.74, 6) is -0.0845. The van der Waals surface area contributed by atoms with Crippen LogP contribution in [0, 0.1) is 11.8 Å². The van der Waals surface area contributed by atoms with Crippen LogP contribution in [0.4, 0.5) is 0 Å². The lowest BCUT2D eigenvalue weighted by molar-refractivity contribution is -0.145. The van der Waals surface area contributed by atoms with Gasteiger partial charge in [-0.15, -0.1) is 0 Å². The van der Waals surface area contributed by atoms with Crippen LogP contribution in [0.25, 0.3) is 0 Å². The quantitative estimate of drug-likeness (QED) is 0.728. The van der Waals surface area contributed by atoms with Gasteiger partial charge in [-0.3, -0.25) is 9.69 Å². The first kappa shape index (κ1) is 12.5. The number of nitrogens with zero attached hydrogens (tertiary/aromatic N) is 1. The molecule has 0 aromatic heterocycles. The van der Waals surface area contributed by atoms with E-state index in [1.54, 1.807) is 0 Å². The normalized spacial score (nSPS) is 30.1. The smallest absolute Gasteiger partial charge is 0.320 e. The number of carboxylic acids is 1. The number of aliphatic hydroxyl groups is 1. The average molecular weight is 215 g/mol. The second-order valence-corrected chi connectivity index (χ2v) is 4.77. The summed E-state index contributed by atoms with van der Waals surface area (Å²) in [6.07, 6.45) is 1.79. The fourth-order valence-electron chi connectivity index (χ4n) is 2.12. The summed E-state index contributed by atoms with van der Waals surface area (Å²) >= 11 is 0. The van der Waals surface area contributed by atoms with Crippen LogP contribution in [0.15, 0.2) is 0 Å². The van der Waals surface area contributed by atoms with Crippen LogP contribution in [0.3, 0.4) is 0 Å². The zero-order valence-corrected chi connectivity index (χ0v) is 9.52. The third-order valence-electron chi connectivity index (χ3n) is 3.12. The average Bonchev–Trinajstić information content (AvgIpc) is 2.20. The lowest BCUT2D eigenvalue weighted by atomic mass is 9.91. The Morgan fingerprint density at radius 3 is 2.80 bits per heavy atom. The van der Waals surface area contributed by atoms with Crippen molar-refractivity contribution in [3.05, 3.63) is 0 Å². The fourth-order valence-corrected chi connectivity index (χ4v) is 2.12. The summed E-state index contributed by atoms with van der Waals surface area (Å²) in [5, 5.41) is 18.1. The fraction of sp³-hybridized carbons (Fsp3) is 0.909. The van der Waals surface area contributed by atoms with Gasteiger partial charge < -0.3 is 10.2 Å². The lowest BCUT2D eigenvalue weighted by Gasteiger charge is -2.37. The molecule has 4 nitrogen and oxygen atoms in total. The van der Waals surface area contributed by atoms with E-state index < -0.39 is 5.97 Å². The van der Waals surface area contributed by atoms with Crippen LogP contribution < -0.4 is 0 Å². The van der Waals surface area contributed by atoms with E-state index in [-0.39, 0.29) is 18.6 Å². The van der Waals surface area contributed by atoms with Crippen molar-refractivity contribution < 1.29 is 15.0 Å². The van der Waals surface area contributed by atoms with Gasteiger partial charge in [0.2, 0.25) is 0 Å². The SMILES string of the molecule is CC1CCN(CC(C)CO)C(C(=O)O)C1. The van der Waals surface area contributed by atoms with Crippen LogP contribution >= 0.6 is 0 Å². The summed E-state index contributed by atoms with van der Waals surface area (Å²) < 4.78 is 0. The van der Waals surface area contributed by atoms with Crippen molar-refractivity contribution in [2.45, 2.75) is 32.7 Å². The van der Waals surface area contributed by atoms with Crippen molar-refractivity contribution >= 4 is 5.97 Å². The molecule has 1 heterocycles. The molecule has 1 aliphatic heterocycles. The minimum absolute atomic E-state index is 0.123. The molecule has 0 radical (unpaired) electrons. The summed E-state index contributed by atoms with van der Waals surface area (Å²) in [5.41, 5.74) is 0. The molecule has 2 N–H and O–H groups in total. The van der Waals surface area contributed by atoms with E-state index in [1.807, 2.05) is 11.8 Å². The number of carboxylic acid groups (broad SMARTS) is 1. The molecule has 3 unspecified atom stereocenters. The third kappa shape index (κ3) is 3.47. The third-order valence-corrected chi connectivity index (χ3v) is 3.12. The van der Waals surface area contributed by atoms with Crippen molar-refractivity contribution in [1.29, 1.82) is 0 Å². The highest BCUT2D eigenvalue weighted by Crippen LogP contribution is 2.23. The predicted molar refractivity (Wildman–Crippen MR) is 57.6 cm³/mol. The first-order valence-corrected chi connectivity index (χ1v) is 5.62. The lowest BCUT2D eigenvalue weighted by Crippen LogP contribution is -2.48. The summed E-state index contributed by atoms with van der Waals surface area (Å²) in [6, 6.07) is -0.359. The number of carbonyl (C=O) groups is 1. The molecule has 1 saturated heterocycles. The van der Waals surface area contributed by atoms with Gasteiger partial charge in [0.15, 0.2) is 0 Å². The molecular weight excluding hydrogens is 194 g/mol. The molecule has 0 spiro atoms. The maximum atomic E-state index is 11.1. The van der Waals surface area contributed by atoms with E-state index in [1.165, 1.54) is 0 Å². The molecule has 1 rings (SSSR count). The molecule has 0 bridgehead atoms. The van der Waals surface area contributed by atoms with Gasteiger partial charge in [0.25, 0.3) is 0 Å². The predicted octanol–water partition coefficient (Wildman–Crippen LogP) is 0.800.